The van der Waals surface area contributed by atoms with Crippen LogP contribution in [0.5, 0.6) is 5.88 Å². The normalized spacial score (nSPS) is 11.5. The van der Waals surface area contributed by atoms with E-state index in [9.17, 15) is 0 Å². The van der Waals surface area contributed by atoms with Crippen molar-refractivity contribution >= 4 is 28.3 Å². The van der Waals surface area contributed by atoms with E-state index < -0.39 is 0 Å². The summed E-state index contributed by atoms with van der Waals surface area (Å²) >= 11 is 3.43. The predicted molar refractivity (Wildman–Crippen MR) is 87.4 cm³/mol. The van der Waals surface area contributed by atoms with Crippen molar-refractivity contribution in [2.24, 2.45) is 0 Å². The Labute approximate surface area is 134 Å². The molecule has 0 bridgehead atoms. The van der Waals surface area contributed by atoms with E-state index in [0.29, 0.717) is 5.88 Å². The van der Waals surface area contributed by atoms with Crippen LogP contribution in [0.3, 0.4) is 0 Å². The van der Waals surface area contributed by atoms with E-state index >= 15 is 0 Å². The highest BCUT2D eigenvalue weighted by molar-refractivity contribution is 9.10. The number of nitrogens with zero attached hydrogens (tertiary/aromatic N) is 1. The lowest BCUT2D eigenvalue weighted by Crippen LogP contribution is -2.28. The number of hydrogen-bond acceptors (Lipinski definition) is 3. The summed E-state index contributed by atoms with van der Waals surface area (Å²) in [5.41, 5.74) is 1.26. The first-order chi connectivity index (χ1) is 9.24. The largest absolute Gasteiger partial charge is 0.473 e. The SMILES string of the molecule is CC(CNCc1ccc(Br)cc1)Oc1ccccn1.Cl. The molecular weight excluding hydrogens is 340 g/mol. The lowest BCUT2D eigenvalue weighted by molar-refractivity contribution is 0.208. The molecule has 0 aliphatic heterocycles. The van der Waals surface area contributed by atoms with Crippen LogP contribution >= 0.6 is 28.3 Å². The molecule has 0 spiro atoms. The third-order valence-corrected chi connectivity index (χ3v) is 3.16. The van der Waals surface area contributed by atoms with Crippen molar-refractivity contribution in [3.63, 3.8) is 0 Å². The Bertz CT molecular complexity index is 493. The minimum atomic E-state index is 0. The van der Waals surface area contributed by atoms with Gasteiger partial charge in [-0.15, -0.1) is 12.4 Å². The molecule has 1 aromatic carbocycles. The van der Waals surface area contributed by atoms with E-state index in [1.54, 1.807) is 6.20 Å². The van der Waals surface area contributed by atoms with E-state index in [2.05, 4.69) is 38.4 Å². The molecule has 0 radical (unpaired) electrons. The fraction of sp³-hybridized carbons (Fsp3) is 0.267. The van der Waals surface area contributed by atoms with E-state index in [1.165, 1.54) is 5.56 Å². The molecule has 0 saturated carbocycles. The number of aromatic nitrogens is 1. The van der Waals surface area contributed by atoms with Crippen LogP contribution in [0.4, 0.5) is 0 Å². The van der Waals surface area contributed by atoms with E-state index in [4.69, 9.17) is 4.74 Å². The summed E-state index contributed by atoms with van der Waals surface area (Å²) in [7, 11) is 0. The summed E-state index contributed by atoms with van der Waals surface area (Å²) in [6.45, 7) is 3.65. The predicted octanol–water partition coefficient (Wildman–Crippen LogP) is 3.82. The molecule has 0 fully saturated rings. The third kappa shape index (κ3) is 5.90. The lowest BCUT2D eigenvalue weighted by atomic mass is 10.2. The van der Waals surface area contributed by atoms with Crippen molar-refractivity contribution in [2.45, 2.75) is 19.6 Å². The Hall–Kier alpha value is -1.10. The van der Waals surface area contributed by atoms with Gasteiger partial charge in [0, 0.05) is 29.8 Å². The molecule has 5 heteroatoms. The highest BCUT2D eigenvalue weighted by Gasteiger charge is 2.03. The minimum Gasteiger partial charge on any atom is -0.473 e. The quantitative estimate of drug-likeness (QED) is 0.853. The van der Waals surface area contributed by atoms with Crippen molar-refractivity contribution in [3.8, 4) is 5.88 Å². The second-order valence-electron chi connectivity index (χ2n) is 4.35. The van der Waals surface area contributed by atoms with Crippen LogP contribution in [-0.2, 0) is 6.54 Å². The molecule has 1 atom stereocenters. The monoisotopic (exact) mass is 356 g/mol. The number of pyridine rings is 1. The molecule has 1 N–H and O–H groups in total. The molecular formula is C15H18BrClN2O. The van der Waals surface area contributed by atoms with E-state index in [-0.39, 0.29) is 18.5 Å². The molecule has 20 heavy (non-hydrogen) atoms. The molecule has 2 aromatic rings. The van der Waals surface area contributed by atoms with Crippen molar-refractivity contribution < 1.29 is 4.74 Å². The van der Waals surface area contributed by atoms with Crippen molar-refractivity contribution in [1.29, 1.82) is 0 Å². The summed E-state index contributed by atoms with van der Waals surface area (Å²) in [5, 5.41) is 3.37. The Morgan fingerprint density at radius 2 is 1.95 bits per heavy atom. The van der Waals surface area contributed by atoms with Crippen LogP contribution in [0.2, 0.25) is 0 Å². The van der Waals surface area contributed by atoms with Gasteiger partial charge in [-0.2, -0.15) is 0 Å². The van der Waals surface area contributed by atoms with E-state index in [1.807, 2.05) is 37.3 Å². The fourth-order valence-electron chi connectivity index (χ4n) is 1.69. The molecule has 2 rings (SSSR count). The molecule has 0 aliphatic carbocycles. The van der Waals surface area contributed by atoms with Crippen molar-refractivity contribution in [2.75, 3.05) is 6.54 Å². The smallest absolute Gasteiger partial charge is 0.213 e. The summed E-state index contributed by atoms with van der Waals surface area (Å²) in [4.78, 5) is 4.14. The molecule has 3 nitrogen and oxygen atoms in total. The molecule has 1 heterocycles. The van der Waals surface area contributed by atoms with Crippen LogP contribution in [0.25, 0.3) is 0 Å². The maximum atomic E-state index is 5.69. The number of halogens is 2. The van der Waals surface area contributed by atoms with Gasteiger partial charge in [-0.05, 0) is 30.7 Å². The second kappa shape index (κ2) is 8.95. The Morgan fingerprint density at radius 3 is 2.60 bits per heavy atom. The Morgan fingerprint density at radius 1 is 1.20 bits per heavy atom. The first-order valence-corrected chi connectivity index (χ1v) is 7.06. The number of nitrogens with one attached hydrogen (secondary N) is 1. The topological polar surface area (TPSA) is 34.1 Å². The lowest BCUT2D eigenvalue weighted by Gasteiger charge is -2.14. The standard InChI is InChI=1S/C15H17BrN2O.ClH/c1-12(19-15-4-2-3-9-18-15)10-17-11-13-5-7-14(16)8-6-13;/h2-9,12,17H,10-11H2,1H3;1H. The first kappa shape index (κ1) is 17.0. The Balaban J connectivity index is 0.00000200. The third-order valence-electron chi connectivity index (χ3n) is 2.63. The maximum Gasteiger partial charge on any atom is 0.213 e. The summed E-state index contributed by atoms with van der Waals surface area (Å²) in [6, 6.07) is 14.0. The number of rotatable bonds is 6. The van der Waals surface area contributed by atoms with Gasteiger partial charge >= 0.3 is 0 Å². The van der Waals surface area contributed by atoms with Crippen LogP contribution < -0.4 is 10.1 Å². The zero-order chi connectivity index (χ0) is 13.5. The average molecular weight is 358 g/mol. The van der Waals surface area contributed by atoms with Gasteiger partial charge in [-0.1, -0.05) is 34.1 Å². The summed E-state index contributed by atoms with van der Waals surface area (Å²) < 4.78 is 6.79. The fourth-order valence-corrected chi connectivity index (χ4v) is 1.95. The number of hydrogen-bond donors (Lipinski definition) is 1. The average Bonchev–Trinajstić information content (AvgIpc) is 2.42. The molecule has 108 valence electrons. The molecule has 0 aliphatic rings. The van der Waals surface area contributed by atoms with Gasteiger partial charge in [0.2, 0.25) is 5.88 Å². The number of ether oxygens (including phenoxy) is 1. The van der Waals surface area contributed by atoms with Gasteiger partial charge in [0.05, 0.1) is 0 Å². The van der Waals surface area contributed by atoms with Crippen LogP contribution in [-0.4, -0.2) is 17.6 Å². The van der Waals surface area contributed by atoms with Gasteiger partial charge in [0.25, 0.3) is 0 Å². The van der Waals surface area contributed by atoms with Crippen LogP contribution in [0.15, 0.2) is 53.1 Å². The van der Waals surface area contributed by atoms with Gasteiger partial charge in [0.1, 0.15) is 6.10 Å². The zero-order valence-corrected chi connectivity index (χ0v) is 13.7. The van der Waals surface area contributed by atoms with Gasteiger partial charge in [0.15, 0.2) is 0 Å². The van der Waals surface area contributed by atoms with Crippen LogP contribution in [0, 0.1) is 0 Å². The zero-order valence-electron chi connectivity index (χ0n) is 11.3. The Kier molecular flexibility index (Phi) is 7.59. The van der Waals surface area contributed by atoms with Crippen molar-refractivity contribution in [1.82, 2.24) is 10.3 Å². The highest BCUT2D eigenvalue weighted by atomic mass is 79.9. The molecule has 1 aromatic heterocycles. The first-order valence-electron chi connectivity index (χ1n) is 6.27. The van der Waals surface area contributed by atoms with Gasteiger partial charge < -0.3 is 10.1 Å². The molecule has 0 saturated heterocycles. The van der Waals surface area contributed by atoms with Crippen molar-refractivity contribution in [3.05, 3.63) is 58.7 Å². The summed E-state index contributed by atoms with van der Waals surface area (Å²) in [5.74, 6) is 0.667. The second-order valence-corrected chi connectivity index (χ2v) is 5.27. The molecule has 0 amide bonds. The van der Waals surface area contributed by atoms with Gasteiger partial charge in [-0.3, -0.25) is 0 Å². The number of benzene rings is 1. The highest BCUT2D eigenvalue weighted by Crippen LogP contribution is 2.10. The maximum absolute atomic E-state index is 5.69. The summed E-state index contributed by atoms with van der Waals surface area (Å²) in [6.07, 6.45) is 1.82. The van der Waals surface area contributed by atoms with E-state index in [0.717, 1.165) is 17.6 Å². The molecule has 1 unspecified atom stereocenters. The minimum absolute atomic E-state index is 0. The van der Waals surface area contributed by atoms with Gasteiger partial charge in [-0.25, -0.2) is 4.98 Å². The van der Waals surface area contributed by atoms with Crippen LogP contribution in [0.1, 0.15) is 12.5 Å².